The molecule has 4 nitrogen and oxygen atoms in total. The van der Waals surface area contributed by atoms with Gasteiger partial charge in [0.15, 0.2) is 0 Å². The second-order valence-electron chi connectivity index (χ2n) is 5.05. The maximum absolute atomic E-state index is 11.5. The van der Waals surface area contributed by atoms with Gasteiger partial charge in [0.25, 0.3) is 0 Å². The number of allylic oxidation sites excluding steroid dienone is 1. The molecular formula is C16H28BO4. The molecule has 0 bridgehead atoms. The molecule has 21 heavy (non-hydrogen) atoms. The Morgan fingerprint density at radius 2 is 1.81 bits per heavy atom. The summed E-state index contributed by atoms with van der Waals surface area (Å²) in [6, 6.07) is 0. The molecule has 5 heteroatoms. The second kappa shape index (κ2) is 15.3. The van der Waals surface area contributed by atoms with E-state index in [1.54, 1.807) is 14.0 Å². The molecule has 3 radical (unpaired) electrons. The molecule has 0 amide bonds. The number of carbonyl (C=O) groups is 2. The molecule has 1 unspecified atom stereocenters. The molecule has 0 saturated carbocycles. The van der Waals surface area contributed by atoms with Gasteiger partial charge in [0.1, 0.15) is 5.78 Å². The van der Waals surface area contributed by atoms with Crippen molar-refractivity contribution in [3.8, 4) is 0 Å². The van der Waals surface area contributed by atoms with Gasteiger partial charge in [-0.05, 0) is 38.5 Å². The molecule has 0 spiro atoms. The zero-order valence-electron chi connectivity index (χ0n) is 13.4. The van der Waals surface area contributed by atoms with Gasteiger partial charge in [0, 0.05) is 35.0 Å². The quantitative estimate of drug-likeness (QED) is 0.227. The summed E-state index contributed by atoms with van der Waals surface area (Å²) < 4.78 is 10.1. The van der Waals surface area contributed by atoms with Crippen LogP contribution in [0.25, 0.3) is 0 Å². The van der Waals surface area contributed by atoms with Crippen LogP contribution in [0.15, 0.2) is 12.7 Å². The lowest BCUT2D eigenvalue weighted by atomic mass is 9.99. The van der Waals surface area contributed by atoms with Crippen molar-refractivity contribution in [3.63, 3.8) is 0 Å². The van der Waals surface area contributed by atoms with Crippen LogP contribution in [0, 0.1) is 5.92 Å². The fourth-order valence-corrected chi connectivity index (χ4v) is 1.86. The molecule has 0 saturated heterocycles. The maximum Gasteiger partial charge on any atom is 0.305 e. The predicted octanol–water partition coefficient (Wildman–Crippen LogP) is 2.92. The van der Waals surface area contributed by atoms with Gasteiger partial charge in [-0.3, -0.25) is 4.79 Å². The van der Waals surface area contributed by atoms with E-state index in [0.717, 1.165) is 38.7 Å². The third-order valence-electron chi connectivity index (χ3n) is 3.18. The van der Waals surface area contributed by atoms with Crippen molar-refractivity contribution in [2.75, 3.05) is 20.3 Å². The summed E-state index contributed by atoms with van der Waals surface area (Å²) in [5, 5.41) is 0. The van der Waals surface area contributed by atoms with Gasteiger partial charge in [0.05, 0.1) is 6.61 Å². The number of esters is 1. The van der Waals surface area contributed by atoms with Crippen molar-refractivity contribution >= 4 is 20.2 Å². The topological polar surface area (TPSA) is 52.6 Å². The summed E-state index contributed by atoms with van der Waals surface area (Å²) in [6.45, 7) is 6.49. The van der Waals surface area contributed by atoms with E-state index in [1.807, 2.05) is 6.08 Å². The van der Waals surface area contributed by atoms with Crippen molar-refractivity contribution in [1.29, 1.82) is 0 Å². The minimum absolute atomic E-state index is 0. The number of carbonyl (C=O) groups excluding carboxylic acids is 2. The first-order chi connectivity index (χ1) is 9.60. The van der Waals surface area contributed by atoms with Crippen molar-refractivity contribution in [2.24, 2.45) is 5.92 Å². The van der Waals surface area contributed by atoms with Crippen molar-refractivity contribution in [3.05, 3.63) is 12.7 Å². The molecule has 119 valence electrons. The summed E-state index contributed by atoms with van der Waals surface area (Å²) in [5.41, 5.74) is 0. The number of ketones is 1. The fourth-order valence-electron chi connectivity index (χ4n) is 1.86. The second-order valence-corrected chi connectivity index (χ2v) is 5.05. The highest BCUT2D eigenvalue weighted by Crippen LogP contribution is 2.13. The van der Waals surface area contributed by atoms with E-state index >= 15 is 0 Å². The summed E-state index contributed by atoms with van der Waals surface area (Å²) >= 11 is 0. The van der Waals surface area contributed by atoms with E-state index < -0.39 is 0 Å². The van der Waals surface area contributed by atoms with Crippen molar-refractivity contribution in [1.82, 2.24) is 0 Å². The zero-order chi connectivity index (χ0) is 15.2. The van der Waals surface area contributed by atoms with Crippen molar-refractivity contribution < 1.29 is 19.1 Å². The third-order valence-corrected chi connectivity index (χ3v) is 3.18. The molecule has 0 aliphatic carbocycles. The maximum atomic E-state index is 11.5. The van der Waals surface area contributed by atoms with Gasteiger partial charge >= 0.3 is 5.97 Å². The minimum Gasteiger partial charge on any atom is -0.466 e. The molecule has 0 N–H and O–H groups in total. The number of Topliss-reactive ketones (excluding diaryl/α,β-unsaturated/α-hetero) is 1. The first-order valence-corrected chi connectivity index (χ1v) is 7.36. The van der Waals surface area contributed by atoms with Crippen LogP contribution in [0.4, 0.5) is 0 Å². The number of rotatable bonds is 13. The lowest BCUT2D eigenvalue weighted by molar-refractivity contribution is -0.144. The van der Waals surface area contributed by atoms with E-state index in [1.165, 1.54) is 0 Å². The van der Waals surface area contributed by atoms with Crippen LogP contribution < -0.4 is 0 Å². The first kappa shape index (κ1) is 22.2. The molecule has 0 fully saturated rings. The molecule has 0 rings (SSSR count). The molecule has 0 aromatic rings. The monoisotopic (exact) mass is 295 g/mol. The van der Waals surface area contributed by atoms with E-state index in [4.69, 9.17) is 9.47 Å². The van der Waals surface area contributed by atoms with Gasteiger partial charge in [0.2, 0.25) is 0 Å². The van der Waals surface area contributed by atoms with Crippen LogP contribution >= 0.6 is 0 Å². The van der Waals surface area contributed by atoms with Crippen LogP contribution in [0.3, 0.4) is 0 Å². The molecule has 0 heterocycles. The lowest BCUT2D eigenvalue weighted by Gasteiger charge is -2.11. The Hall–Kier alpha value is -1.10. The van der Waals surface area contributed by atoms with Crippen molar-refractivity contribution in [2.45, 2.75) is 51.9 Å². The van der Waals surface area contributed by atoms with E-state index in [0.29, 0.717) is 19.4 Å². The van der Waals surface area contributed by atoms with E-state index in [2.05, 4.69) is 6.58 Å². The summed E-state index contributed by atoms with van der Waals surface area (Å²) in [7, 11) is 1.68. The van der Waals surface area contributed by atoms with Gasteiger partial charge < -0.3 is 14.3 Å². The molecule has 1 atom stereocenters. The average molecular weight is 295 g/mol. The number of hydrogen-bond donors (Lipinski definition) is 0. The third kappa shape index (κ3) is 15.1. The van der Waals surface area contributed by atoms with E-state index in [9.17, 15) is 9.59 Å². The zero-order valence-corrected chi connectivity index (χ0v) is 13.4. The molecule has 0 aliphatic rings. The Kier molecular flexibility index (Phi) is 16.2. The predicted molar refractivity (Wildman–Crippen MR) is 85.3 cm³/mol. The minimum atomic E-state index is -0.142. The number of ether oxygens (including phenoxy) is 2. The van der Waals surface area contributed by atoms with Gasteiger partial charge in [-0.1, -0.05) is 12.5 Å². The van der Waals surface area contributed by atoms with Crippen LogP contribution in [0.5, 0.6) is 0 Å². The highest BCUT2D eigenvalue weighted by Gasteiger charge is 2.08. The largest absolute Gasteiger partial charge is 0.466 e. The van der Waals surface area contributed by atoms with Crippen LogP contribution in [0.1, 0.15) is 51.9 Å². The van der Waals surface area contributed by atoms with Crippen LogP contribution in [-0.4, -0.2) is 40.5 Å². The standard InChI is InChI=1S/C16H28O4.B/c1-4-15(10-9-14(2)17)11-13-20-16(18)8-6-5-7-12-19-3;/h4,15H,1,5-13H2,2-3H3;. The summed E-state index contributed by atoms with van der Waals surface area (Å²) in [6.07, 6.45) is 7.20. The van der Waals surface area contributed by atoms with Gasteiger partial charge in [-0.25, -0.2) is 0 Å². The van der Waals surface area contributed by atoms with Crippen LogP contribution in [0.2, 0.25) is 0 Å². The summed E-state index contributed by atoms with van der Waals surface area (Å²) in [4.78, 5) is 22.4. The number of methoxy groups -OCH3 is 1. The number of unbranched alkanes of at least 4 members (excludes halogenated alkanes) is 2. The van der Waals surface area contributed by atoms with Crippen LogP contribution in [-0.2, 0) is 19.1 Å². The Labute approximate surface area is 130 Å². The lowest BCUT2D eigenvalue weighted by Crippen LogP contribution is -2.09. The highest BCUT2D eigenvalue weighted by atomic mass is 16.5. The normalized spacial score (nSPS) is 11.3. The Balaban J connectivity index is 0. The summed E-state index contributed by atoms with van der Waals surface area (Å²) in [5.74, 6) is 0.287. The van der Waals surface area contributed by atoms with Gasteiger partial charge in [-0.2, -0.15) is 0 Å². The SMILES string of the molecule is C=CC(CCOC(=O)CCCCCOC)CCC(C)=O.[B]. The molecular weight excluding hydrogens is 267 g/mol. The molecule has 0 aromatic heterocycles. The molecule has 0 aromatic carbocycles. The Morgan fingerprint density at radius 1 is 1.10 bits per heavy atom. The fraction of sp³-hybridized carbons (Fsp3) is 0.750. The Bertz CT molecular complexity index is 292. The van der Waals surface area contributed by atoms with E-state index in [-0.39, 0.29) is 26.1 Å². The average Bonchev–Trinajstić information content (AvgIpc) is 2.42. The van der Waals surface area contributed by atoms with Gasteiger partial charge in [-0.15, -0.1) is 6.58 Å². The number of hydrogen-bond acceptors (Lipinski definition) is 4. The Morgan fingerprint density at radius 3 is 2.38 bits per heavy atom. The highest BCUT2D eigenvalue weighted by molar-refractivity contribution is 5.75. The smallest absolute Gasteiger partial charge is 0.305 e. The first-order valence-electron chi connectivity index (χ1n) is 7.36. The molecule has 0 aliphatic heterocycles.